The van der Waals surface area contributed by atoms with Crippen LogP contribution in [0.15, 0.2) is 60.8 Å². The average molecular weight is 307 g/mol. The number of pyridine rings is 1. The van der Waals surface area contributed by atoms with E-state index in [1.54, 1.807) is 24.4 Å². The van der Waals surface area contributed by atoms with Crippen molar-refractivity contribution in [3.63, 3.8) is 0 Å². The second-order valence-electron chi connectivity index (χ2n) is 4.91. The van der Waals surface area contributed by atoms with Crippen molar-refractivity contribution in [1.82, 2.24) is 4.98 Å². The third kappa shape index (κ3) is 3.58. The Morgan fingerprint density at radius 3 is 2.61 bits per heavy atom. The van der Waals surface area contributed by atoms with E-state index in [0.29, 0.717) is 12.3 Å². The maximum atomic E-state index is 12.2. The average Bonchev–Trinajstić information content (AvgIpc) is 2.57. The zero-order valence-electron chi connectivity index (χ0n) is 12.7. The fourth-order valence-corrected chi connectivity index (χ4v) is 2.29. The van der Waals surface area contributed by atoms with Gasteiger partial charge in [-0.25, -0.2) is 4.79 Å². The Balaban J connectivity index is 1.71. The molecule has 2 aromatic carbocycles. The van der Waals surface area contributed by atoms with Crippen molar-refractivity contribution in [1.29, 1.82) is 0 Å². The molecule has 0 aliphatic heterocycles. The summed E-state index contributed by atoms with van der Waals surface area (Å²) in [5.74, 6) is 0.776. The van der Waals surface area contributed by atoms with Crippen molar-refractivity contribution in [2.75, 3.05) is 17.2 Å². The predicted octanol–water partition coefficient (Wildman–Crippen LogP) is 4.28. The minimum absolute atomic E-state index is 0.300. The summed E-state index contributed by atoms with van der Waals surface area (Å²) in [5, 5.41) is 6.55. The first-order valence-corrected chi connectivity index (χ1v) is 7.41. The van der Waals surface area contributed by atoms with Crippen LogP contribution in [0.5, 0.6) is 5.75 Å². The summed E-state index contributed by atoms with van der Waals surface area (Å²) in [6, 6.07) is 16.4. The normalized spacial score (nSPS) is 10.3. The molecule has 0 atom stereocenters. The lowest BCUT2D eigenvalue weighted by Crippen LogP contribution is -2.19. The number of para-hydroxylation sites is 1. The minimum Gasteiger partial charge on any atom is -0.494 e. The molecule has 1 heterocycles. The summed E-state index contributed by atoms with van der Waals surface area (Å²) in [6.45, 7) is 2.54. The van der Waals surface area contributed by atoms with Gasteiger partial charge in [-0.15, -0.1) is 0 Å². The number of anilines is 2. The Morgan fingerprint density at radius 2 is 1.83 bits per heavy atom. The van der Waals surface area contributed by atoms with E-state index in [2.05, 4.69) is 15.6 Å². The minimum atomic E-state index is -0.300. The fourth-order valence-electron chi connectivity index (χ4n) is 2.29. The van der Waals surface area contributed by atoms with Gasteiger partial charge in [0.15, 0.2) is 0 Å². The molecule has 3 rings (SSSR count). The predicted molar refractivity (Wildman–Crippen MR) is 92.0 cm³/mol. The summed E-state index contributed by atoms with van der Waals surface area (Å²) in [4.78, 5) is 16.4. The first kappa shape index (κ1) is 14.8. The molecule has 3 aromatic rings. The first-order valence-electron chi connectivity index (χ1n) is 7.41. The molecule has 0 radical (unpaired) electrons. The van der Waals surface area contributed by atoms with Gasteiger partial charge in [0.25, 0.3) is 0 Å². The molecular weight excluding hydrogens is 290 g/mol. The van der Waals surface area contributed by atoms with Gasteiger partial charge in [0.05, 0.1) is 17.8 Å². The molecule has 5 nitrogen and oxygen atoms in total. The van der Waals surface area contributed by atoms with Gasteiger partial charge in [-0.2, -0.15) is 0 Å². The maximum absolute atomic E-state index is 12.2. The van der Waals surface area contributed by atoms with E-state index >= 15 is 0 Å². The number of nitrogens with zero attached hydrogens (tertiary/aromatic N) is 1. The number of nitrogens with one attached hydrogen (secondary N) is 2. The van der Waals surface area contributed by atoms with Gasteiger partial charge in [-0.3, -0.25) is 4.98 Å². The van der Waals surface area contributed by atoms with E-state index in [-0.39, 0.29) is 6.03 Å². The highest BCUT2D eigenvalue weighted by Gasteiger charge is 2.06. The number of aromatic nitrogens is 1. The second kappa shape index (κ2) is 6.79. The molecule has 5 heteroatoms. The van der Waals surface area contributed by atoms with Crippen LogP contribution >= 0.6 is 0 Å². The van der Waals surface area contributed by atoms with Gasteiger partial charge in [-0.05, 0) is 43.3 Å². The molecule has 0 bridgehead atoms. The largest absolute Gasteiger partial charge is 0.494 e. The Hall–Kier alpha value is -3.08. The number of carbonyl (C=O) groups is 1. The van der Waals surface area contributed by atoms with E-state index in [0.717, 1.165) is 22.3 Å². The molecule has 116 valence electrons. The SMILES string of the molecule is CCOc1ccc(NC(=O)Nc2ccnc3ccccc23)cc1. The Bertz CT molecular complexity index is 811. The van der Waals surface area contributed by atoms with E-state index in [4.69, 9.17) is 4.74 Å². The third-order valence-corrected chi connectivity index (χ3v) is 3.32. The fraction of sp³-hybridized carbons (Fsp3) is 0.111. The van der Waals surface area contributed by atoms with Crippen molar-refractivity contribution in [2.45, 2.75) is 6.92 Å². The first-order chi connectivity index (χ1) is 11.3. The quantitative estimate of drug-likeness (QED) is 0.756. The van der Waals surface area contributed by atoms with Crippen LogP contribution in [0.4, 0.5) is 16.2 Å². The summed E-state index contributed by atoms with van der Waals surface area (Å²) >= 11 is 0. The molecule has 2 amide bonds. The monoisotopic (exact) mass is 307 g/mol. The molecule has 23 heavy (non-hydrogen) atoms. The van der Waals surface area contributed by atoms with Gasteiger partial charge < -0.3 is 15.4 Å². The number of hydrogen-bond acceptors (Lipinski definition) is 3. The molecule has 0 aliphatic carbocycles. The second-order valence-corrected chi connectivity index (χ2v) is 4.91. The Labute approximate surface area is 134 Å². The number of urea groups is 1. The van der Waals surface area contributed by atoms with Gasteiger partial charge in [0.2, 0.25) is 0 Å². The van der Waals surface area contributed by atoms with Crippen LogP contribution in [0.25, 0.3) is 10.9 Å². The maximum Gasteiger partial charge on any atom is 0.323 e. The summed E-state index contributed by atoms with van der Waals surface area (Å²) in [5.41, 5.74) is 2.26. The zero-order chi connectivity index (χ0) is 16.1. The summed E-state index contributed by atoms with van der Waals surface area (Å²) in [7, 11) is 0. The van der Waals surface area contributed by atoms with E-state index < -0.39 is 0 Å². The standard InChI is InChI=1S/C18H17N3O2/c1-2-23-14-9-7-13(8-10-14)20-18(22)21-17-11-12-19-16-6-4-3-5-15(16)17/h3-12H,2H2,1H3,(H2,19,20,21,22). The molecule has 1 aromatic heterocycles. The molecule has 0 saturated heterocycles. The molecule has 0 saturated carbocycles. The van der Waals surface area contributed by atoms with E-state index in [1.165, 1.54) is 0 Å². The van der Waals surface area contributed by atoms with Crippen LogP contribution < -0.4 is 15.4 Å². The van der Waals surface area contributed by atoms with Crippen molar-refractivity contribution >= 4 is 28.3 Å². The van der Waals surface area contributed by atoms with Crippen LogP contribution in [0.3, 0.4) is 0 Å². The van der Waals surface area contributed by atoms with E-state index in [1.807, 2.05) is 43.3 Å². The lowest BCUT2D eigenvalue weighted by molar-refractivity contribution is 0.262. The van der Waals surface area contributed by atoms with Gasteiger partial charge in [0.1, 0.15) is 5.75 Å². The van der Waals surface area contributed by atoms with Crippen LogP contribution in [0, 0.1) is 0 Å². The number of ether oxygens (including phenoxy) is 1. The molecule has 0 unspecified atom stereocenters. The lowest BCUT2D eigenvalue weighted by Gasteiger charge is -2.10. The highest BCUT2D eigenvalue weighted by atomic mass is 16.5. The van der Waals surface area contributed by atoms with Crippen LogP contribution in [-0.4, -0.2) is 17.6 Å². The van der Waals surface area contributed by atoms with Gasteiger partial charge >= 0.3 is 6.03 Å². The molecular formula is C18H17N3O2. The van der Waals surface area contributed by atoms with Crippen LogP contribution in [0.1, 0.15) is 6.92 Å². The number of amides is 2. The highest BCUT2D eigenvalue weighted by molar-refractivity contribution is 6.05. The summed E-state index contributed by atoms with van der Waals surface area (Å²) in [6.07, 6.45) is 1.68. The number of carbonyl (C=O) groups excluding carboxylic acids is 1. The van der Waals surface area contributed by atoms with Crippen molar-refractivity contribution in [3.05, 3.63) is 60.8 Å². The molecule has 0 fully saturated rings. The number of benzene rings is 2. The van der Waals surface area contributed by atoms with Crippen molar-refractivity contribution in [3.8, 4) is 5.75 Å². The molecule has 0 aliphatic rings. The highest BCUT2D eigenvalue weighted by Crippen LogP contribution is 2.21. The van der Waals surface area contributed by atoms with Crippen LogP contribution in [0.2, 0.25) is 0 Å². The number of fused-ring (bicyclic) bond motifs is 1. The number of hydrogen-bond donors (Lipinski definition) is 2. The lowest BCUT2D eigenvalue weighted by atomic mass is 10.2. The number of rotatable bonds is 4. The van der Waals surface area contributed by atoms with Crippen molar-refractivity contribution in [2.24, 2.45) is 0 Å². The van der Waals surface area contributed by atoms with Crippen LogP contribution in [-0.2, 0) is 0 Å². The Morgan fingerprint density at radius 1 is 1.04 bits per heavy atom. The summed E-state index contributed by atoms with van der Waals surface area (Å²) < 4.78 is 5.37. The van der Waals surface area contributed by atoms with E-state index in [9.17, 15) is 4.79 Å². The molecule has 2 N–H and O–H groups in total. The Kier molecular flexibility index (Phi) is 4.38. The smallest absolute Gasteiger partial charge is 0.323 e. The third-order valence-electron chi connectivity index (χ3n) is 3.32. The van der Waals surface area contributed by atoms with Gasteiger partial charge in [0, 0.05) is 17.3 Å². The molecule has 0 spiro atoms. The van der Waals surface area contributed by atoms with Crippen molar-refractivity contribution < 1.29 is 9.53 Å². The zero-order valence-corrected chi connectivity index (χ0v) is 12.7. The topological polar surface area (TPSA) is 63.2 Å². The van der Waals surface area contributed by atoms with Gasteiger partial charge in [-0.1, -0.05) is 18.2 Å².